The fourth-order valence-electron chi connectivity index (χ4n) is 2.93. The average Bonchev–Trinajstić information content (AvgIpc) is 2.61. The summed E-state index contributed by atoms with van der Waals surface area (Å²) in [4.78, 5) is 8.07. The van der Waals surface area contributed by atoms with Crippen LogP contribution in [-0.2, 0) is 10.0 Å². The van der Waals surface area contributed by atoms with Gasteiger partial charge in [0.2, 0.25) is 10.0 Å². The van der Waals surface area contributed by atoms with Crippen molar-refractivity contribution in [1.29, 1.82) is 0 Å². The van der Waals surface area contributed by atoms with Gasteiger partial charge in [0.15, 0.2) is 0 Å². The molecule has 27 heavy (non-hydrogen) atoms. The Bertz CT molecular complexity index is 915. The Hall–Kier alpha value is -1.12. The van der Waals surface area contributed by atoms with Crippen LogP contribution < -0.4 is 9.46 Å². The maximum Gasteiger partial charge on any atom is 0.316 e. The lowest BCUT2D eigenvalue weighted by molar-refractivity contribution is 0.132. The molecule has 0 amide bonds. The Morgan fingerprint density at radius 3 is 2.30 bits per heavy atom. The Morgan fingerprint density at radius 1 is 1.04 bits per heavy atom. The summed E-state index contributed by atoms with van der Waals surface area (Å²) in [6.45, 7) is 1.74. The van der Waals surface area contributed by atoms with Gasteiger partial charge in [-0.25, -0.2) is 23.1 Å². The maximum absolute atomic E-state index is 12.7. The molecule has 1 aliphatic rings. The number of halogens is 3. The molecule has 1 saturated carbocycles. The van der Waals surface area contributed by atoms with Crippen LogP contribution in [0, 0.1) is 6.92 Å². The molecule has 146 valence electrons. The zero-order valence-corrected chi connectivity index (χ0v) is 17.5. The number of benzene rings is 1. The van der Waals surface area contributed by atoms with Gasteiger partial charge in [0.05, 0.1) is 22.4 Å². The fraction of sp³-hybridized carbons (Fsp3) is 0.412. The first-order valence-corrected chi connectivity index (χ1v) is 11.0. The summed E-state index contributed by atoms with van der Waals surface area (Å²) in [7, 11) is -3.73. The molecule has 1 aromatic heterocycles. The summed E-state index contributed by atoms with van der Waals surface area (Å²) in [5.74, 6) is 0. The predicted octanol–water partition coefficient (Wildman–Crippen LogP) is 4.41. The van der Waals surface area contributed by atoms with Crippen molar-refractivity contribution in [2.45, 2.75) is 49.6 Å². The summed E-state index contributed by atoms with van der Waals surface area (Å²) >= 11 is 17.8. The first-order chi connectivity index (χ1) is 12.7. The Morgan fingerprint density at radius 2 is 1.67 bits per heavy atom. The normalized spacial score (nSPS) is 20.4. The second kappa shape index (κ2) is 8.49. The predicted molar refractivity (Wildman–Crippen MR) is 105 cm³/mol. The first kappa shape index (κ1) is 20.6. The molecule has 0 bridgehead atoms. The van der Waals surface area contributed by atoms with E-state index in [4.69, 9.17) is 39.5 Å². The SMILES string of the molecule is Cc1cc(S(=O)(=O)NC2CCC(Oc3ncc(Cl)cn3)CC2)c(Cl)cc1Cl. The number of aryl methyl sites for hydroxylation is 1. The molecular weight excluding hydrogens is 433 g/mol. The van der Waals surface area contributed by atoms with E-state index in [1.54, 1.807) is 6.92 Å². The van der Waals surface area contributed by atoms with Crippen molar-refractivity contribution in [3.05, 3.63) is 45.2 Å². The van der Waals surface area contributed by atoms with E-state index in [0.29, 0.717) is 41.3 Å². The number of hydrogen-bond donors (Lipinski definition) is 1. The lowest BCUT2D eigenvalue weighted by atomic mass is 9.94. The molecule has 1 aliphatic carbocycles. The van der Waals surface area contributed by atoms with Gasteiger partial charge in [-0.05, 0) is 50.3 Å². The van der Waals surface area contributed by atoms with Gasteiger partial charge >= 0.3 is 6.01 Å². The molecule has 6 nitrogen and oxygen atoms in total. The van der Waals surface area contributed by atoms with Crippen LogP contribution in [0.4, 0.5) is 0 Å². The van der Waals surface area contributed by atoms with Gasteiger partial charge in [0.25, 0.3) is 0 Å². The minimum atomic E-state index is -3.73. The van der Waals surface area contributed by atoms with Crippen molar-refractivity contribution in [2.24, 2.45) is 0 Å². The molecule has 2 aromatic rings. The average molecular weight is 451 g/mol. The van der Waals surface area contributed by atoms with E-state index in [1.165, 1.54) is 24.5 Å². The van der Waals surface area contributed by atoms with Gasteiger partial charge in [-0.15, -0.1) is 0 Å². The van der Waals surface area contributed by atoms with Crippen LogP contribution >= 0.6 is 34.8 Å². The molecule has 1 heterocycles. The lowest BCUT2D eigenvalue weighted by Crippen LogP contribution is -2.39. The third-order valence-electron chi connectivity index (χ3n) is 4.37. The molecule has 10 heteroatoms. The van der Waals surface area contributed by atoms with E-state index in [-0.39, 0.29) is 28.1 Å². The summed E-state index contributed by atoms with van der Waals surface area (Å²) < 4.78 is 33.8. The molecule has 0 saturated heterocycles. The van der Waals surface area contributed by atoms with Crippen LogP contribution in [0.1, 0.15) is 31.2 Å². The van der Waals surface area contributed by atoms with Gasteiger partial charge in [-0.1, -0.05) is 34.8 Å². The van der Waals surface area contributed by atoms with Gasteiger partial charge in [0.1, 0.15) is 11.0 Å². The van der Waals surface area contributed by atoms with Gasteiger partial charge in [0, 0.05) is 11.1 Å². The molecule has 0 atom stereocenters. The zero-order chi connectivity index (χ0) is 19.6. The second-order valence-corrected chi connectivity index (χ2v) is 9.36. The van der Waals surface area contributed by atoms with E-state index in [9.17, 15) is 8.42 Å². The van der Waals surface area contributed by atoms with Crippen LogP contribution in [0.15, 0.2) is 29.4 Å². The number of hydrogen-bond acceptors (Lipinski definition) is 5. The first-order valence-electron chi connectivity index (χ1n) is 8.37. The third-order valence-corrected chi connectivity index (χ3v) is 6.95. The van der Waals surface area contributed by atoms with E-state index < -0.39 is 10.0 Å². The summed E-state index contributed by atoms with van der Waals surface area (Å²) in [5.41, 5.74) is 0.654. The monoisotopic (exact) mass is 449 g/mol. The highest BCUT2D eigenvalue weighted by molar-refractivity contribution is 7.89. The van der Waals surface area contributed by atoms with Crippen LogP contribution in [-0.4, -0.2) is 30.5 Å². The van der Waals surface area contributed by atoms with Crippen molar-refractivity contribution >= 4 is 44.8 Å². The van der Waals surface area contributed by atoms with E-state index in [1.807, 2.05) is 0 Å². The van der Waals surface area contributed by atoms with E-state index >= 15 is 0 Å². The van der Waals surface area contributed by atoms with Crippen LogP contribution in [0.5, 0.6) is 6.01 Å². The number of aromatic nitrogens is 2. The molecule has 1 fully saturated rings. The lowest BCUT2D eigenvalue weighted by Gasteiger charge is -2.28. The summed E-state index contributed by atoms with van der Waals surface area (Å²) in [6.07, 6.45) is 5.54. The van der Waals surface area contributed by atoms with Crippen molar-refractivity contribution in [3.8, 4) is 6.01 Å². The molecule has 0 spiro atoms. The van der Waals surface area contributed by atoms with Crippen molar-refractivity contribution in [3.63, 3.8) is 0 Å². The molecule has 3 rings (SSSR count). The maximum atomic E-state index is 12.7. The second-order valence-electron chi connectivity index (χ2n) is 6.43. The van der Waals surface area contributed by atoms with Crippen LogP contribution in [0.3, 0.4) is 0 Å². The van der Waals surface area contributed by atoms with Gasteiger partial charge in [-0.2, -0.15) is 0 Å². The molecule has 0 unspecified atom stereocenters. The smallest absolute Gasteiger partial charge is 0.316 e. The van der Waals surface area contributed by atoms with Crippen LogP contribution in [0.2, 0.25) is 15.1 Å². The van der Waals surface area contributed by atoms with Crippen molar-refractivity contribution in [1.82, 2.24) is 14.7 Å². The number of nitrogens with one attached hydrogen (secondary N) is 1. The molecule has 0 aliphatic heterocycles. The number of rotatable bonds is 5. The number of sulfonamides is 1. The molecular formula is C17H18Cl3N3O3S. The minimum Gasteiger partial charge on any atom is -0.460 e. The molecule has 0 radical (unpaired) electrons. The zero-order valence-electron chi connectivity index (χ0n) is 14.5. The highest BCUT2D eigenvalue weighted by Gasteiger charge is 2.28. The summed E-state index contributed by atoms with van der Waals surface area (Å²) in [6, 6.07) is 3.02. The summed E-state index contributed by atoms with van der Waals surface area (Å²) in [5, 5.41) is 0.979. The molecule has 1 N–H and O–H groups in total. The van der Waals surface area contributed by atoms with Gasteiger partial charge in [-0.3, -0.25) is 0 Å². The highest BCUT2D eigenvalue weighted by Crippen LogP contribution is 2.29. The van der Waals surface area contributed by atoms with Crippen molar-refractivity contribution in [2.75, 3.05) is 0 Å². The Labute approximate surface area is 173 Å². The molecule has 1 aromatic carbocycles. The van der Waals surface area contributed by atoms with Crippen molar-refractivity contribution < 1.29 is 13.2 Å². The Kier molecular flexibility index (Phi) is 6.48. The number of ether oxygens (including phenoxy) is 1. The van der Waals surface area contributed by atoms with Crippen LogP contribution in [0.25, 0.3) is 0 Å². The third kappa shape index (κ3) is 5.23. The van der Waals surface area contributed by atoms with Gasteiger partial charge < -0.3 is 4.74 Å². The minimum absolute atomic E-state index is 0.0407. The topological polar surface area (TPSA) is 81.2 Å². The quantitative estimate of drug-likeness (QED) is 0.729. The van der Waals surface area contributed by atoms with E-state index in [2.05, 4.69) is 14.7 Å². The van der Waals surface area contributed by atoms with E-state index in [0.717, 1.165) is 0 Å². The largest absolute Gasteiger partial charge is 0.460 e. The fourth-order valence-corrected chi connectivity index (χ4v) is 5.16. The standard InChI is InChI=1S/C17H18Cl3N3O3S/c1-10-6-16(15(20)7-14(10)19)27(24,25)23-12-2-4-13(5-3-12)26-17-21-8-11(18)9-22-17/h6-9,12-13,23H,2-5H2,1H3. The Balaban J connectivity index is 1.60. The highest BCUT2D eigenvalue weighted by atomic mass is 35.5. The number of nitrogens with zero attached hydrogens (tertiary/aromatic N) is 2.